The summed E-state index contributed by atoms with van der Waals surface area (Å²) in [5.41, 5.74) is 7.40. The van der Waals surface area contributed by atoms with E-state index in [1.165, 1.54) is 4.90 Å². The second-order valence-electron chi connectivity index (χ2n) is 9.50. The molecule has 186 valence electrons. The first-order valence-corrected chi connectivity index (χ1v) is 12.6. The van der Waals surface area contributed by atoms with Crippen molar-refractivity contribution in [3.63, 3.8) is 0 Å². The number of likely N-dealkylation sites (tertiary alicyclic amines) is 1. The van der Waals surface area contributed by atoms with Crippen LogP contribution in [0.1, 0.15) is 43.7 Å². The van der Waals surface area contributed by atoms with Crippen molar-refractivity contribution < 1.29 is 19.1 Å². The van der Waals surface area contributed by atoms with Crippen molar-refractivity contribution in [2.24, 2.45) is 17.1 Å². The third-order valence-corrected chi connectivity index (χ3v) is 7.49. The van der Waals surface area contributed by atoms with E-state index in [0.29, 0.717) is 36.6 Å². The summed E-state index contributed by atoms with van der Waals surface area (Å²) in [6.45, 7) is 3.04. The van der Waals surface area contributed by atoms with Gasteiger partial charge < -0.3 is 15.4 Å². The quantitative estimate of drug-likeness (QED) is 0.579. The molecule has 2 aliphatic rings. The lowest BCUT2D eigenvalue weighted by Gasteiger charge is -2.39. The highest BCUT2D eigenvalue weighted by molar-refractivity contribution is 6.31. The topological polar surface area (TPSA) is 92.9 Å². The van der Waals surface area contributed by atoms with Gasteiger partial charge in [-0.25, -0.2) is 4.79 Å². The number of nitrogens with two attached hydrogens (primary N) is 1. The molecule has 8 heteroatoms. The first kappa shape index (κ1) is 25.0. The van der Waals surface area contributed by atoms with Crippen LogP contribution in [0, 0.1) is 11.3 Å². The summed E-state index contributed by atoms with van der Waals surface area (Å²) in [7, 11) is 0. The van der Waals surface area contributed by atoms with Gasteiger partial charge in [-0.15, -0.1) is 0 Å². The Morgan fingerprint density at radius 2 is 1.74 bits per heavy atom. The zero-order valence-electron chi connectivity index (χ0n) is 20.0. The van der Waals surface area contributed by atoms with E-state index in [2.05, 4.69) is 6.92 Å². The van der Waals surface area contributed by atoms with Crippen LogP contribution < -0.4 is 10.6 Å². The van der Waals surface area contributed by atoms with Crippen LogP contribution >= 0.6 is 11.6 Å². The first-order chi connectivity index (χ1) is 16.8. The number of aryl methyl sites for hydroxylation is 1. The van der Waals surface area contributed by atoms with Crippen molar-refractivity contribution in [2.45, 2.75) is 45.6 Å². The van der Waals surface area contributed by atoms with E-state index >= 15 is 0 Å². The average molecular weight is 498 g/mol. The van der Waals surface area contributed by atoms with Crippen LogP contribution in [0.4, 0.5) is 10.5 Å². The number of amides is 3. The number of hydrogen-bond acceptors (Lipinski definition) is 4. The van der Waals surface area contributed by atoms with E-state index in [0.717, 1.165) is 30.4 Å². The van der Waals surface area contributed by atoms with Crippen LogP contribution in [0.5, 0.6) is 0 Å². The molecule has 2 fully saturated rings. The molecule has 2 N–H and O–H groups in total. The van der Waals surface area contributed by atoms with Gasteiger partial charge >= 0.3 is 6.09 Å². The second-order valence-corrected chi connectivity index (χ2v) is 9.90. The fourth-order valence-corrected chi connectivity index (χ4v) is 4.65. The van der Waals surface area contributed by atoms with E-state index < -0.39 is 17.4 Å². The normalized spacial score (nSPS) is 17.0. The highest BCUT2D eigenvalue weighted by Gasteiger charge is 2.44. The van der Waals surface area contributed by atoms with Gasteiger partial charge in [0.25, 0.3) is 0 Å². The van der Waals surface area contributed by atoms with Gasteiger partial charge in [-0.2, -0.15) is 0 Å². The Hall–Kier alpha value is -3.06. The lowest BCUT2D eigenvalue weighted by atomic mass is 9.78. The molecule has 1 aliphatic carbocycles. The second kappa shape index (κ2) is 10.7. The molecule has 0 spiro atoms. The summed E-state index contributed by atoms with van der Waals surface area (Å²) in [5.74, 6) is -0.221. The summed E-state index contributed by atoms with van der Waals surface area (Å²) >= 11 is 6.36. The number of anilines is 1. The molecule has 0 aromatic heterocycles. The van der Waals surface area contributed by atoms with Crippen molar-refractivity contribution in [3.8, 4) is 0 Å². The molecule has 1 saturated heterocycles. The molecule has 7 nitrogen and oxygen atoms in total. The number of halogens is 1. The maximum absolute atomic E-state index is 13.3. The van der Waals surface area contributed by atoms with Crippen molar-refractivity contribution in [1.29, 1.82) is 0 Å². The minimum Gasteiger partial charge on any atom is -0.448 e. The monoisotopic (exact) mass is 497 g/mol. The third kappa shape index (κ3) is 5.78. The summed E-state index contributed by atoms with van der Waals surface area (Å²) in [6.07, 6.45) is 2.94. The highest BCUT2D eigenvalue weighted by atomic mass is 35.5. The van der Waals surface area contributed by atoms with Crippen molar-refractivity contribution in [1.82, 2.24) is 4.90 Å². The number of rotatable bonds is 8. The van der Waals surface area contributed by atoms with E-state index in [4.69, 9.17) is 22.1 Å². The minimum absolute atomic E-state index is 0.126. The number of primary amides is 1. The lowest BCUT2D eigenvalue weighted by Crippen LogP contribution is -2.52. The zero-order chi connectivity index (χ0) is 25.0. The standard InChI is InChI=1S/C27H32ClN3O4/c1-2-19-7-11-22(12-8-19)31(17-21-5-3-4-6-23(21)28)26(34)35-18-27(25(29)33)13-15-30(16-14-27)24(32)20-9-10-20/h3-8,11-12,20H,2,9-10,13-18H2,1H3,(H2,29,33). The van der Waals surface area contributed by atoms with Crippen LogP contribution in [0.15, 0.2) is 48.5 Å². The smallest absolute Gasteiger partial charge is 0.414 e. The first-order valence-electron chi connectivity index (χ1n) is 12.2. The number of hydrogen-bond donors (Lipinski definition) is 1. The molecule has 1 saturated carbocycles. The van der Waals surface area contributed by atoms with E-state index in [1.807, 2.05) is 42.5 Å². The lowest BCUT2D eigenvalue weighted by molar-refractivity contribution is -0.141. The molecule has 35 heavy (non-hydrogen) atoms. The summed E-state index contributed by atoms with van der Waals surface area (Å²) in [5, 5.41) is 0.553. The predicted octanol–water partition coefficient (Wildman–Crippen LogP) is 4.55. The molecule has 0 radical (unpaired) electrons. The SMILES string of the molecule is CCc1ccc(N(Cc2ccccc2Cl)C(=O)OCC2(C(N)=O)CCN(C(=O)C3CC3)CC2)cc1. The van der Waals surface area contributed by atoms with Crippen LogP contribution in [0.25, 0.3) is 0 Å². The van der Waals surface area contributed by atoms with Crippen molar-refractivity contribution in [2.75, 3.05) is 24.6 Å². The highest BCUT2D eigenvalue weighted by Crippen LogP contribution is 2.36. The molecule has 0 atom stereocenters. The van der Waals surface area contributed by atoms with Gasteiger partial charge in [-0.1, -0.05) is 48.9 Å². The van der Waals surface area contributed by atoms with E-state index in [1.54, 1.807) is 11.0 Å². The Morgan fingerprint density at radius 3 is 2.31 bits per heavy atom. The van der Waals surface area contributed by atoms with Crippen molar-refractivity contribution in [3.05, 3.63) is 64.7 Å². The predicted molar refractivity (Wildman–Crippen MR) is 135 cm³/mol. The van der Waals surface area contributed by atoms with Crippen LogP contribution in [-0.4, -0.2) is 42.5 Å². The zero-order valence-corrected chi connectivity index (χ0v) is 20.8. The van der Waals surface area contributed by atoms with E-state index in [-0.39, 0.29) is 25.0 Å². The van der Waals surface area contributed by atoms with Gasteiger partial charge in [-0.05, 0) is 61.4 Å². The van der Waals surface area contributed by atoms with Crippen LogP contribution in [-0.2, 0) is 27.3 Å². The van der Waals surface area contributed by atoms with Gasteiger partial charge in [0.05, 0.1) is 12.0 Å². The Kier molecular flexibility index (Phi) is 7.65. The van der Waals surface area contributed by atoms with Gasteiger partial charge in [0.2, 0.25) is 11.8 Å². The molecule has 0 bridgehead atoms. The molecular formula is C27H32ClN3O4. The Bertz CT molecular complexity index is 1080. The molecule has 2 aromatic rings. The maximum Gasteiger partial charge on any atom is 0.414 e. The number of piperidine rings is 1. The maximum atomic E-state index is 13.3. The summed E-state index contributed by atoms with van der Waals surface area (Å²) in [6, 6.07) is 15.0. The fraction of sp³-hybridized carbons (Fsp3) is 0.444. The van der Waals surface area contributed by atoms with E-state index in [9.17, 15) is 14.4 Å². The Labute approximate surface area is 211 Å². The number of carbonyl (C=O) groups is 3. The Morgan fingerprint density at radius 1 is 1.09 bits per heavy atom. The summed E-state index contributed by atoms with van der Waals surface area (Å²) in [4.78, 5) is 41.5. The molecule has 3 amide bonds. The largest absolute Gasteiger partial charge is 0.448 e. The minimum atomic E-state index is -0.988. The summed E-state index contributed by atoms with van der Waals surface area (Å²) < 4.78 is 5.73. The van der Waals surface area contributed by atoms with Gasteiger partial charge in [0.1, 0.15) is 6.61 Å². The number of benzene rings is 2. The van der Waals surface area contributed by atoms with Crippen LogP contribution in [0.2, 0.25) is 5.02 Å². The fourth-order valence-electron chi connectivity index (χ4n) is 4.45. The van der Waals surface area contributed by atoms with Crippen molar-refractivity contribution >= 4 is 35.2 Å². The van der Waals surface area contributed by atoms with Gasteiger partial charge in [0, 0.05) is 29.7 Å². The molecule has 0 unspecified atom stereocenters. The molecular weight excluding hydrogens is 466 g/mol. The molecule has 1 heterocycles. The van der Waals surface area contributed by atoms with Gasteiger partial charge in [-0.3, -0.25) is 14.5 Å². The molecule has 4 rings (SSSR count). The van der Waals surface area contributed by atoms with Crippen LogP contribution in [0.3, 0.4) is 0 Å². The number of carbonyl (C=O) groups excluding carboxylic acids is 3. The number of nitrogens with zero attached hydrogens (tertiary/aromatic N) is 2. The van der Waals surface area contributed by atoms with Gasteiger partial charge in [0.15, 0.2) is 0 Å². The number of ether oxygens (including phenoxy) is 1. The molecule has 2 aromatic carbocycles. The molecule has 1 aliphatic heterocycles. The third-order valence-electron chi connectivity index (χ3n) is 7.12. The Balaban J connectivity index is 1.48. The average Bonchev–Trinajstić information content (AvgIpc) is 3.72.